The van der Waals surface area contributed by atoms with Crippen LogP contribution in [0.25, 0.3) is 0 Å². The predicted molar refractivity (Wildman–Crippen MR) is 35.5 cm³/mol. The molecule has 0 atom stereocenters. The lowest BCUT2D eigenvalue weighted by molar-refractivity contribution is -0.189. The highest BCUT2D eigenvalue weighted by Gasteiger charge is 2.42. The SMILES string of the molecule is O=CCCCC(F)(F)CC(F)(F)F. The van der Waals surface area contributed by atoms with Crippen LogP contribution < -0.4 is 0 Å². The summed E-state index contributed by atoms with van der Waals surface area (Å²) in [6.45, 7) is 0. The first kappa shape index (κ1) is 12.3. The van der Waals surface area contributed by atoms with E-state index in [0.717, 1.165) is 0 Å². The Kier molecular flexibility index (Phi) is 4.29. The number of carbonyl (C=O) groups is 1. The van der Waals surface area contributed by atoms with Gasteiger partial charge in [0.1, 0.15) is 12.7 Å². The number of carbonyl (C=O) groups excluding carboxylic acids is 1. The summed E-state index contributed by atoms with van der Waals surface area (Å²) in [6.07, 6.45) is -7.81. The van der Waals surface area contributed by atoms with Crippen molar-refractivity contribution in [3.63, 3.8) is 0 Å². The molecule has 0 rings (SSSR count). The van der Waals surface area contributed by atoms with E-state index in [1.165, 1.54) is 0 Å². The Morgan fingerprint density at radius 1 is 1.08 bits per heavy atom. The van der Waals surface area contributed by atoms with Crippen LogP contribution in [0, 0.1) is 0 Å². The number of halogens is 5. The first-order chi connectivity index (χ1) is 5.77. The maximum Gasteiger partial charge on any atom is 0.394 e. The van der Waals surface area contributed by atoms with Gasteiger partial charge in [0.15, 0.2) is 0 Å². The van der Waals surface area contributed by atoms with E-state index in [2.05, 4.69) is 0 Å². The van der Waals surface area contributed by atoms with Gasteiger partial charge in [-0.25, -0.2) is 8.78 Å². The van der Waals surface area contributed by atoms with Crippen LogP contribution in [0.3, 0.4) is 0 Å². The molecule has 1 nitrogen and oxygen atoms in total. The van der Waals surface area contributed by atoms with Crippen molar-refractivity contribution >= 4 is 6.29 Å². The van der Waals surface area contributed by atoms with Gasteiger partial charge in [0.25, 0.3) is 5.92 Å². The van der Waals surface area contributed by atoms with Crippen molar-refractivity contribution in [1.29, 1.82) is 0 Å². The highest BCUT2D eigenvalue weighted by Crippen LogP contribution is 2.34. The van der Waals surface area contributed by atoms with Gasteiger partial charge in [0, 0.05) is 12.8 Å². The number of unbranched alkanes of at least 4 members (excludes halogenated alkanes) is 1. The number of hydrogen-bond acceptors (Lipinski definition) is 1. The molecule has 0 saturated heterocycles. The maximum absolute atomic E-state index is 12.4. The van der Waals surface area contributed by atoms with Crippen LogP contribution in [0.2, 0.25) is 0 Å². The van der Waals surface area contributed by atoms with Crippen LogP contribution in [0.4, 0.5) is 22.0 Å². The number of alkyl halides is 5. The summed E-state index contributed by atoms with van der Waals surface area (Å²) in [6, 6.07) is 0. The molecule has 0 aliphatic heterocycles. The molecule has 0 aliphatic carbocycles. The monoisotopic (exact) mass is 204 g/mol. The third-order valence-corrected chi connectivity index (χ3v) is 1.32. The Bertz CT molecular complexity index is 163. The van der Waals surface area contributed by atoms with Crippen molar-refractivity contribution < 1.29 is 26.7 Å². The molecule has 78 valence electrons. The van der Waals surface area contributed by atoms with E-state index in [-0.39, 0.29) is 12.8 Å². The van der Waals surface area contributed by atoms with Crippen LogP contribution >= 0.6 is 0 Å². The molecular formula is C7H9F5O. The molecule has 0 radical (unpaired) electrons. The van der Waals surface area contributed by atoms with Gasteiger partial charge in [0.05, 0.1) is 0 Å². The molecule has 0 amide bonds. The van der Waals surface area contributed by atoms with E-state index in [0.29, 0.717) is 6.29 Å². The summed E-state index contributed by atoms with van der Waals surface area (Å²) < 4.78 is 59.3. The highest BCUT2D eigenvalue weighted by atomic mass is 19.4. The predicted octanol–water partition coefficient (Wildman–Crippen LogP) is 2.94. The van der Waals surface area contributed by atoms with E-state index in [1.807, 2.05) is 0 Å². The fourth-order valence-corrected chi connectivity index (χ4v) is 0.826. The zero-order valence-corrected chi connectivity index (χ0v) is 6.70. The Balaban J connectivity index is 3.86. The molecular weight excluding hydrogens is 195 g/mol. The van der Waals surface area contributed by atoms with E-state index in [1.54, 1.807) is 0 Å². The van der Waals surface area contributed by atoms with Gasteiger partial charge in [-0.2, -0.15) is 13.2 Å². The first-order valence-corrected chi connectivity index (χ1v) is 3.65. The maximum atomic E-state index is 12.4. The summed E-state index contributed by atoms with van der Waals surface area (Å²) in [4.78, 5) is 9.71. The quantitative estimate of drug-likeness (QED) is 0.382. The van der Waals surface area contributed by atoms with Crippen molar-refractivity contribution in [3.05, 3.63) is 0 Å². The van der Waals surface area contributed by atoms with E-state index < -0.39 is 24.9 Å². The Hall–Kier alpha value is -0.680. The van der Waals surface area contributed by atoms with E-state index in [4.69, 9.17) is 0 Å². The summed E-state index contributed by atoms with van der Waals surface area (Å²) in [5, 5.41) is 0. The summed E-state index contributed by atoms with van der Waals surface area (Å²) >= 11 is 0. The molecule has 0 aliphatic rings. The second kappa shape index (κ2) is 4.53. The highest BCUT2D eigenvalue weighted by molar-refractivity contribution is 5.48. The van der Waals surface area contributed by atoms with Crippen LogP contribution in [-0.2, 0) is 4.79 Å². The van der Waals surface area contributed by atoms with Gasteiger partial charge in [-0.3, -0.25) is 0 Å². The summed E-state index contributed by atoms with van der Waals surface area (Å²) in [7, 11) is 0. The van der Waals surface area contributed by atoms with Gasteiger partial charge in [-0.05, 0) is 6.42 Å². The average Bonchev–Trinajstić information content (AvgIpc) is 1.81. The number of aldehydes is 1. The van der Waals surface area contributed by atoms with Crippen LogP contribution in [0.1, 0.15) is 25.7 Å². The fraction of sp³-hybridized carbons (Fsp3) is 0.857. The average molecular weight is 204 g/mol. The van der Waals surface area contributed by atoms with Crippen LogP contribution in [-0.4, -0.2) is 18.4 Å². The Morgan fingerprint density at radius 3 is 2.00 bits per heavy atom. The third-order valence-electron chi connectivity index (χ3n) is 1.32. The Morgan fingerprint density at radius 2 is 1.62 bits per heavy atom. The number of hydrogen-bond donors (Lipinski definition) is 0. The van der Waals surface area contributed by atoms with Gasteiger partial charge in [-0.15, -0.1) is 0 Å². The first-order valence-electron chi connectivity index (χ1n) is 3.65. The second-order valence-corrected chi connectivity index (χ2v) is 2.71. The zero-order valence-electron chi connectivity index (χ0n) is 6.70. The smallest absolute Gasteiger partial charge is 0.303 e. The standard InChI is InChI=1S/C7H9F5O/c8-6(9,3-1-2-4-13)5-7(10,11)12/h4H,1-3,5H2. The van der Waals surface area contributed by atoms with Gasteiger partial charge in [-0.1, -0.05) is 0 Å². The van der Waals surface area contributed by atoms with Gasteiger partial charge < -0.3 is 4.79 Å². The molecule has 0 fully saturated rings. The Labute approximate surface area is 71.9 Å². The lowest BCUT2D eigenvalue weighted by Crippen LogP contribution is -2.25. The minimum absolute atomic E-state index is 0.132. The minimum atomic E-state index is -4.86. The molecule has 0 saturated carbocycles. The van der Waals surface area contributed by atoms with E-state index >= 15 is 0 Å². The lowest BCUT2D eigenvalue weighted by Gasteiger charge is -2.17. The minimum Gasteiger partial charge on any atom is -0.303 e. The fourth-order valence-electron chi connectivity index (χ4n) is 0.826. The molecule has 13 heavy (non-hydrogen) atoms. The van der Waals surface area contributed by atoms with Crippen molar-refractivity contribution in [2.24, 2.45) is 0 Å². The number of rotatable bonds is 5. The third kappa shape index (κ3) is 7.67. The van der Waals surface area contributed by atoms with Crippen LogP contribution in [0.15, 0.2) is 0 Å². The van der Waals surface area contributed by atoms with E-state index in [9.17, 15) is 26.7 Å². The molecule has 0 N–H and O–H groups in total. The molecule has 0 spiro atoms. The summed E-state index contributed by atoms with van der Waals surface area (Å²) in [5.41, 5.74) is 0. The molecule has 0 aromatic rings. The van der Waals surface area contributed by atoms with Crippen LogP contribution in [0.5, 0.6) is 0 Å². The topological polar surface area (TPSA) is 17.1 Å². The second-order valence-electron chi connectivity index (χ2n) is 2.71. The molecule has 0 aromatic heterocycles. The van der Waals surface area contributed by atoms with Crippen molar-refractivity contribution in [2.75, 3.05) is 0 Å². The van der Waals surface area contributed by atoms with Crippen molar-refractivity contribution in [2.45, 2.75) is 37.8 Å². The summed E-state index contributed by atoms with van der Waals surface area (Å²) in [5.74, 6) is -3.75. The lowest BCUT2D eigenvalue weighted by atomic mass is 10.1. The molecule has 0 unspecified atom stereocenters. The molecule has 0 heterocycles. The normalized spacial score (nSPS) is 13.0. The van der Waals surface area contributed by atoms with Gasteiger partial charge in [0.2, 0.25) is 0 Å². The molecule has 0 aromatic carbocycles. The van der Waals surface area contributed by atoms with Crippen molar-refractivity contribution in [1.82, 2.24) is 0 Å². The zero-order chi connectivity index (χ0) is 10.5. The van der Waals surface area contributed by atoms with Gasteiger partial charge >= 0.3 is 6.18 Å². The molecule has 6 heteroatoms. The molecule has 0 bridgehead atoms. The largest absolute Gasteiger partial charge is 0.394 e. The van der Waals surface area contributed by atoms with Crippen molar-refractivity contribution in [3.8, 4) is 0 Å².